The van der Waals surface area contributed by atoms with Crippen LogP contribution in [0.2, 0.25) is 0 Å². The van der Waals surface area contributed by atoms with Gasteiger partial charge in [0.05, 0.1) is 28.8 Å². The molecular weight excluding hydrogens is 354 g/mol. The Morgan fingerprint density at radius 1 is 1.27 bits per heavy atom. The summed E-state index contributed by atoms with van der Waals surface area (Å²) in [5, 5.41) is 11.6. The molecule has 134 valence electrons. The van der Waals surface area contributed by atoms with Gasteiger partial charge >= 0.3 is 0 Å². The zero-order valence-electron chi connectivity index (χ0n) is 14.2. The van der Waals surface area contributed by atoms with Crippen LogP contribution in [0.4, 0.5) is 5.69 Å². The Kier molecular flexibility index (Phi) is 5.08. The first-order valence-electron chi connectivity index (χ1n) is 7.72. The number of benzene rings is 1. The average Bonchev–Trinajstić information content (AvgIpc) is 3.18. The highest BCUT2D eigenvalue weighted by molar-refractivity contribution is 7.99. The van der Waals surface area contributed by atoms with E-state index in [0.29, 0.717) is 16.7 Å². The van der Waals surface area contributed by atoms with Crippen LogP contribution in [0.15, 0.2) is 46.2 Å². The number of hydrogen-bond acceptors (Lipinski definition) is 6. The molecular formula is C17H17N5O3S. The first-order valence-corrected chi connectivity index (χ1v) is 8.71. The monoisotopic (exact) mass is 371 g/mol. The molecule has 2 heterocycles. The number of aromatic nitrogens is 3. The van der Waals surface area contributed by atoms with E-state index in [0.717, 1.165) is 11.3 Å². The molecule has 2 aromatic heterocycles. The van der Waals surface area contributed by atoms with Crippen LogP contribution in [0.25, 0.3) is 11.4 Å². The third kappa shape index (κ3) is 3.62. The van der Waals surface area contributed by atoms with Crippen molar-refractivity contribution in [2.45, 2.75) is 12.1 Å². The van der Waals surface area contributed by atoms with Crippen LogP contribution < -0.4 is 11.1 Å². The summed E-state index contributed by atoms with van der Waals surface area (Å²) in [6, 6.07) is 8.42. The van der Waals surface area contributed by atoms with E-state index >= 15 is 0 Å². The van der Waals surface area contributed by atoms with Gasteiger partial charge in [-0.05, 0) is 25.1 Å². The number of carbonyl (C=O) groups is 2. The van der Waals surface area contributed by atoms with E-state index in [1.807, 2.05) is 20.0 Å². The normalized spacial score (nSPS) is 10.7. The van der Waals surface area contributed by atoms with Gasteiger partial charge < -0.3 is 20.0 Å². The molecule has 3 aromatic rings. The van der Waals surface area contributed by atoms with Crippen molar-refractivity contribution in [2.24, 2.45) is 12.8 Å². The first-order chi connectivity index (χ1) is 12.5. The van der Waals surface area contributed by atoms with Crippen molar-refractivity contribution < 1.29 is 14.0 Å². The number of anilines is 1. The summed E-state index contributed by atoms with van der Waals surface area (Å²) in [4.78, 5) is 23.6. The predicted molar refractivity (Wildman–Crippen MR) is 97.8 cm³/mol. The number of primary amides is 1. The Labute approximate surface area is 153 Å². The Balaban J connectivity index is 1.67. The zero-order valence-corrected chi connectivity index (χ0v) is 15.0. The fourth-order valence-corrected chi connectivity index (χ4v) is 3.13. The van der Waals surface area contributed by atoms with Crippen LogP contribution in [0, 0.1) is 6.92 Å². The number of carbonyl (C=O) groups excluding carboxylic acids is 2. The Morgan fingerprint density at radius 2 is 2.04 bits per heavy atom. The average molecular weight is 371 g/mol. The summed E-state index contributed by atoms with van der Waals surface area (Å²) in [5.41, 5.74) is 6.82. The van der Waals surface area contributed by atoms with E-state index in [4.69, 9.17) is 10.2 Å². The number of nitrogens with two attached hydrogens (primary N) is 1. The van der Waals surface area contributed by atoms with Crippen LogP contribution >= 0.6 is 11.8 Å². The summed E-state index contributed by atoms with van der Waals surface area (Å²) in [6.45, 7) is 1.85. The zero-order chi connectivity index (χ0) is 18.7. The molecule has 0 aliphatic heterocycles. The SMILES string of the molecule is Cc1occc1-c1nnc(SCC(=O)Nc2ccccc2C(N)=O)n1C. The maximum absolute atomic E-state index is 12.2. The van der Waals surface area contributed by atoms with Crippen LogP contribution in [-0.4, -0.2) is 32.3 Å². The van der Waals surface area contributed by atoms with Gasteiger partial charge in [0.15, 0.2) is 11.0 Å². The van der Waals surface area contributed by atoms with Gasteiger partial charge in [-0.25, -0.2) is 0 Å². The molecule has 9 heteroatoms. The summed E-state index contributed by atoms with van der Waals surface area (Å²) >= 11 is 1.24. The second-order valence-corrected chi connectivity index (χ2v) is 6.44. The quantitative estimate of drug-likeness (QED) is 0.642. The van der Waals surface area contributed by atoms with E-state index in [-0.39, 0.29) is 17.2 Å². The third-order valence-electron chi connectivity index (χ3n) is 3.73. The summed E-state index contributed by atoms with van der Waals surface area (Å²) in [7, 11) is 1.82. The van der Waals surface area contributed by atoms with Crippen molar-refractivity contribution in [3.8, 4) is 11.4 Å². The number of furan rings is 1. The Bertz CT molecular complexity index is 963. The van der Waals surface area contributed by atoms with Crippen LogP contribution in [0.3, 0.4) is 0 Å². The second-order valence-electron chi connectivity index (χ2n) is 5.50. The standard InChI is InChI=1S/C17H17N5O3S/c1-10-11(7-8-25-10)16-20-21-17(22(16)2)26-9-14(23)19-13-6-4-3-5-12(13)15(18)24/h3-8H,9H2,1-2H3,(H2,18,24)(H,19,23). The van der Waals surface area contributed by atoms with Crippen LogP contribution in [0.1, 0.15) is 16.1 Å². The number of thioether (sulfide) groups is 1. The lowest BCUT2D eigenvalue weighted by Gasteiger charge is -2.08. The molecule has 1 aromatic carbocycles. The maximum atomic E-state index is 12.2. The fourth-order valence-electron chi connectivity index (χ4n) is 2.42. The molecule has 26 heavy (non-hydrogen) atoms. The third-order valence-corrected chi connectivity index (χ3v) is 4.75. The van der Waals surface area contributed by atoms with E-state index < -0.39 is 5.91 Å². The lowest BCUT2D eigenvalue weighted by Crippen LogP contribution is -2.19. The van der Waals surface area contributed by atoms with Gasteiger partial charge in [-0.1, -0.05) is 23.9 Å². The van der Waals surface area contributed by atoms with Crippen LogP contribution in [-0.2, 0) is 11.8 Å². The van der Waals surface area contributed by atoms with E-state index in [9.17, 15) is 9.59 Å². The van der Waals surface area contributed by atoms with Gasteiger partial charge in [-0.15, -0.1) is 10.2 Å². The molecule has 2 amide bonds. The van der Waals surface area contributed by atoms with E-state index in [2.05, 4.69) is 15.5 Å². The van der Waals surface area contributed by atoms with E-state index in [1.165, 1.54) is 11.8 Å². The molecule has 0 bridgehead atoms. The molecule has 0 aliphatic carbocycles. The highest BCUT2D eigenvalue weighted by atomic mass is 32.2. The lowest BCUT2D eigenvalue weighted by molar-refractivity contribution is -0.113. The molecule has 0 aliphatic rings. The number of nitrogens with zero attached hydrogens (tertiary/aromatic N) is 3. The van der Waals surface area contributed by atoms with Crippen molar-refractivity contribution >= 4 is 29.3 Å². The summed E-state index contributed by atoms with van der Waals surface area (Å²) < 4.78 is 7.09. The van der Waals surface area contributed by atoms with Crippen molar-refractivity contribution in [1.82, 2.24) is 14.8 Å². The van der Waals surface area contributed by atoms with Crippen molar-refractivity contribution in [1.29, 1.82) is 0 Å². The topological polar surface area (TPSA) is 116 Å². The molecule has 0 spiro atoms. The number of nitrogens with one attached hydrogen (secondary N) is 1. The van der Waals surface area contributed by atoms with Crippen molar-refractivity contribution in [2.75, 3.05) is 11.1 Å². The number of amides is 2. The number of para-hydroxylation sites is 1. The minimum atomic E-state index is -0.595. The Hall–Kier alpha value is -3.07. The minimum Gasteiger partial charge on any atom is -0.469 e. The molecule has 0 saturated carbocycles. The number of aryl methyl sites for hydroxylation is 1. The van der Waals surface area contributed by atoms with Crippen molar-refractivity contribution in [3.63, 3.8) is 0 Å². The lowest BCUT2D eigenvalue weighted by atomic mass is 10.1. The molecule has 3 N–H and O–H groups in total. The Morgan fingerprint density at radius 3 is 2.73 bits per heavy atom. The van der Waals surface area contributed by atoms with Gasteiger partial charge in [0, 0.05) is 7.05 Å². The van der Waals surface area contributed by atoms with E-state index in [1.54, 1.807) is 35.1 Å². The molecule has 0 atom stereocenters. The fraction of sp³-hybridized carbons (Fsp3) is 0.176. The first kappa shape index (κ1) is 17.7. The van der Waals surface area contributed by atoms with Crippen molar-refractivity contribution in [3.05, 3.63) is 47.9 Å². The van der Waals surface area contributed by atoms with Gasteiger partial charge in [-0.3, -0.25) is 9.59 Å². The predicted octanol–water partition coefficient (Wildman–Crippen LogP) is 2.21. The maximum Gasteiger partial charge on any atom is 0.250 e. The van der Waals surface area contributed by atoms with Gasteiger partial charge in [-0.2, -0.15) is 0 Å². The van der Waals surface area contributed by atoms with Gasteiger partial charge in [0.25, 0.3) is 5.91 Å². The molecule has 8 nitrogen and oxygen atoms in total. The molecule has 0 radical (unpaired) electrons. The minimum absolute atomic E-state index is 0.115. The molecule has 0 unspecified atom stereocenters. The largest absolute Gasteiger partial charge is 0.469 e. The smallest absolute Gasteiger partial charge is 0.250 e. The number of rotatable bonds is 6. The molecule has 0 saturated heterocycles. The highest BCUT2D eigenvalue weighted by Crippen LogP contribution is 2.26. The second kappa shape index (κ2) is 7.44. The van der Waals surface area contributed by atoms with Gasteiger partial charge in [0.2, 0.25) is 5.91 Å². The van der Waals surface area contributed by atoms with Gasteiger partial charge in [0.1, 0.15) is 5.76 Å². The number of hydrogen-bond donors (Lipinski definition) is 2. The highest BCUT2D eigenvalue weighted by Gasteiger charge is 2.16. The summed E-state index contributed by atoms with van der Waals surface area (Å²) in [5.74, 6) is 0.662. The van der Waals surface area contributed by atoms with Crippen LogP contribution in [0.5, 0.6) is 0 Å². The molecule has 3 rings (SSSR count). The summed E-state index contributed by atoms with van der Waals surface area (Å²) in [6.07, 6.45) is 1.59. The molecule has 0 fully saturated rings.